The lowest BCUT2D eigenvalue weighted by Gasteiger charge is -2.44. The highest BCUT2D eigenvalue weighted by atomic mass is 19.2. The van der Waals surface area contributed by atoms with Crippen LogP contribution in [0.15, 0.2) is 47.2 Å². The van der Waals surface area contributed by atoms with Crippen LogP contribution in [-0.4, -0.2) is 41.3 Å². The van der Waals surface area contributed by atoms with Crippen LogP contribution in [0.3, 0.4) is 0 Å². The summed E-state index contributed by atoms with van der Waals surface area (Å²) in [5.74, 6) is -1.33. The average Bonchev–Trinajstić information content (AvgIpc) is 2.73. The first-order valence-electron chi connectivity index (χ1n) is 11.4. The molecule has 0 aliphatic carbocycles. The lowest BCUT2D eigenvalue weighted by molar-refractivity contribution is -0.139. The van der Waals surface area contributed by atoms with Crippen molar-refractivity contribution in [3.63, 3.8) is 0 Å². The minimum atomic E-state index is -0.947. The predicted molar refractivity (Wildman–Crippen MR) is 122 cm³/mol. The molecular formula is C25H33F2N3O2. The van der Waals surface area contributed by atoms with Gasteiger partial charge in [-0.15, -0.1) is 0 Å². The number of allylic oxidation sites excluding steroid dienone is 2. The maximum atomic E-state index is 13.6. The molecule has 1 aromatic rings. The molecule has 7 heteroatoms. The second-order valence-electron chi connectivity index (χ2n) is 8.82. The lowest BCUT2D eigenvalue weighted by Crippen LogP contribution is -2.48. The highest BCUT2D eigenvalue weighted by Gasteiger charge is 2.34. The Morgan fingerprint density at radius 2 is 2.12 bits per heavy atom. The van der Waals surface area contributed by atoms with Crippen LogP contribution in [0.25, 0.3) is 0 Å². The molecule has 1 atom stereocenters. The number of nitrogens with zero attached hydrogens (tertiary/aromatic N) is 2. The van der Waals surface area contributed by atoms with E-state index in [1.54, 1.807) is 0 Å². The quantitative estimate of drug-likeness (QED) is 0.362. The van der Waals surface area contributed by atoms with Gasteiger partial charge >= 0.3 is 5.97 Å². The Morgan fingerprint density at radius 1 is 1.34 bits per heavy atom. The fourth-order valence-corrected chi connectivity index (χ4v) is 4.44. The number of carbonyl (C=O) groups is 1. The second-order valence-corrected chi connectivity index (χ2v) is 8.82. The number of halogens is 2. The number of nitrogens with one attached hydrogen (secondary N) is 1. The molecular weight excluding hydrogens is 412 g/mol. The van der Waals surface area contributed by atoms with Gasteiger partial charge in [0.25, 0.3) is 0 Å². The van der Waals surface area contributed by atoms with Crippen molar-refractivity contribution < 1.29 is 18.7 Å². The highest BCUT2D eigenvalue weighted by molar-refractivity contribution is 5.95. The molecule has 0 bridgehead atoms. The van der Waals surface area contributed by atoms with Gasteiger partial charge in [-0.1, -0.05) is 19.1 Å². The molecule has 0 radical (unpaired) electrons. The van der Waals surface area contributed by atoms with E-state index in [1.807, 2.05) is 11.0 Å². The van der Waals surface area contributed by atoms with Gasteiger partial charge in [0.2, 0.25) is 0 Å². The Morgan fingerprint density at radius 3 is 2.78 bits per heavy atom. The summed E-state index contributed by atoms with van der Waals surface area (Å²) in [6.07, 6.45) is 7.96. The molecule has 0 amide bonds. The van der Waals surface area contributed by atoms with E-state index in [2.05, 4.69) is 18.8 Å². The second kappa shape index (κ2) is 11.4. The van der Waals surface area contributed by atoms with Crippen LogP contribution in [0, 0.1) is 17.6 Å². The Kier molecular flexibility index (Phi) is 8.56. The SMILES string of the molecule is C=C/C(CCCCC1CN([C@@H](CC(=O)O)c2ccc(F)c(F)c2)C1)=N\C1=C(C)CCCN1. The van der Waals surface area contributed by atoms with Crippen LogP contribution >= 0.6 is 0 Å². The van der Waals surface area contributed by atoms with Gasteiger partial charge in [-0.05, 0) is 74.3 Å². The van der Waals surface area contributed by atoms with Crippen molar-refractivity contribution in [2.75, 3.05) is 19.6 Å². The third-order valence-electron chi connectivity index (χ3n) is 6.33. The Hall–Kier alpha value is -2.54. The smallest absolute Gasteiger partial charge is 0.305 e. The molecule has 3 rings (SSSR count). The number of carboxylic acid groups (broad SMARTS) is 1. The first kappa shape index (κ1) is 24.1. The van der Waals surface area contributed by atoms with E-state index in [-0.39, 0.29) is 6.42 Å². The lowest BCUT2D eigenvalue weighted by atomic mass is 9.89. The number of unbranched alkanes of at least 4 members (excludes halogenated alkanes) is 1. The number of rotatable bonds is 11. The van der Waals surface area contributed by atoms with Crippen LogP contribution < -0.4 is 5.32 Å². The molecule has 0 spiro atoms. The fraction of sp³-hybridized carbons (Fsp3) is 0.520. The average molecular weight is 446 g/mol. The third kappa shape index (κ3) is 6.48. The van der Waals surface area contributed by atoms with Gasteiger partial charge in [0, 0.05) is 31.4 Å². The number of hydrogen-bond acceptors (Lipinski definition) is 4. The van der Waals surface area contributed by atoms with Gasteiger partial charge in [0.1, 0.15) is 5.82 Å². The number of likely N-dealkylation sites (tertiary alicyclic amines) is 1. The molecule has 2 aliphatic heterocycles. The van der Waals surface area contributed by atoms with E-state index >= 15 is 0 Å². The van der Waals surface area contributed by atoms with Gasteiger partial charge in [-0.2, -0.15) is 0 Å². The monoisotopic (exact) mass is 445 g/mol. The van der Waals surface area contributed by atoms with E-state index in [0.717, 1.165) is 81.8 Å². The maximum absolute atomic E-state index is 13.6. The molecule has 32 heavy (non-hydrogen) atoms. The largest absolute Gasteiger partial charge is 0.481 e. The fourth-order valence-electron chi connectivity index (χ4n) is 4.44. The Labute approximate surface area is 188 Å². The van der Waals surface area contributed by atoms with Gasteiger partial charge < -0.3 is 10.4 Å². The topological polar surface area (TPSA) is 64.9 Å². The van der Waals surface area contributed by atoms with Gasteiger partial charge in [0.15, 0.2) is 11.6 Å². The zero-order valence-corrected chi connectivity index (χ0v) is 18.7. The first-order valence-corrected chi connectivity index (χ1v) is 11.4. The first-order chi connectivity index (χ1) is 15.4. The Bertz CT molecular complexity index is 891. The normalized spacial score (nSPS) is 18.8. The molecule has 2 aliphatic rings. The van der Waals surface area contributed by atoms with E-state index in [4.69, 9.17) is 4.99 Å². The molecule has 0 saturated carbocycles. The van der Waals surface area contributed by atoms with Crippen molar-refractivity contribution in [2.24, 2.45) is 10.9 Å². The number of benzene rings is 1. The van der Waals surface area contributed by atoms with Crippen molar-refractivity contribution in [1.29, 1.82) is 0 Å². The van der Waals surface area contributed by atoms with Crippen molar-refractivity contribution in [2.45, 2.75) is 57.9 Å². The van der Waals surface area contributed by atoms with E-state index < -0.39 is 23.6 Å². The minimum Gasteiger partial charge on any atom is -0.481 e. The number of aliphatic carboxylic acids is 1. The van der Waals surface area contributed by atoms with Crippen LogP contribution in [-0.2, 0) is 4.79 Å². The van der Waals surface area contributed by atoms with Crippen molar-refractivity contribution in [1.82, 2.24) is 10.2 Å². The van der Waals surface area contributed by atoms with Crippen molar-refractivity contribution in [3.05, 3.63) is 59.4 Å². The summed E-state index contributed by atoms with van der Waals surface area (Å²) >= 11 is 0. The zero-order chi connectivity index (χ0) is 23.1. The highest BCUT2D eigenvalue weighted by Crippen LogP contribution is 2.34. The van der Waals surface area contributed by atoms with Gasteiger partial charge in [-0.25, -0.2) is 13.8 Å². The zero-order valence-electron chi connectivity index (χ0n) is 18.7. The summed E-state index contributed by atoms with van der Waals surface area (Å²) in [6, 6.07) is 3.23. The maximum Gasteiger partial charge on any atom is 0.305 e. The van der Waals surface area contributed by atoms with E-state index in [0.29, 0.717) is 11.5 Å². The van der Waals surface area contributed by atoms with Crippen molar-refractivity contribution in [3.8, 4) is 0 Å². The summed E-state index contributed by atoms with van der Waals surface area (Å²) in [5.41, 5.74) is 2.81. The molecule has 2 N–H and O–H groups in total. The van der Waals surface area contributed by atoms with Gasteiger partial charge in [0.05, 0.1) is 6.42 Å². The molecule has 1 saturated heterocycles. The number of aliphatic imine (C=N–C) groups is 1. The van der Waals surface area contributed by atoms with Crippen LogP contribution in [0.5, 0.6) is 0 Å². The molecule has 0 aromatic heterocycles. The summed E-state index contributed by atoms with van der Waals surface area (Å²) in [6.45, 7) is 8.53. The van der Waals surface area contributed by atoms with Crippen LogP contribution in [0.1, 0.15) is 63.5 Å². The summed E-state index contributed by atoms with van der Waals surface area (Å²) < 4.78 is 26.9. The molecule has 0 unspecified atom stereocenters. The van der Waals surface area contributed by atoms with Gasteiger partial charge in [-0.3, -0.25) is 9.69 Å². The Balaban J connectivity index is 1.45. The molecule has 2 heterocycles. The van der Waals surface area contributed by atoms with E-state index in [9.17, 15) is 18.7 Å². The molecule has 1 aromatic carbocycles. The summed E-state index contributed by atoms with van der Waals surface area (Å²) in [7, 11) is 0. The predicted octanol–water partition coefficient (Wildman–Crippen LogP) is 5.21. The van der Waals surface area contributed by atoms with Crippen molar-refractivity contribution >= 4 is 11.7 Å². The third-order valence-corrected chi connectivity index (χ3v) is 6.33. The molecule has 174 valence electrons. The molecule has 5 nitrogen and oxygen atoms in total. The standard InChI is InChI=1S/C25H33F2N3O2/c1-3-20(29-25-17(2)7-6-12-28-25)9-5-4-8-18-15-30(16-18)23(14-24(31)32)19-10-11-21(26)22(27)13-19/h3,10-11,13,18,23,28H,1,4-9,12,14-16H2,2H3,(H,31,32)/b29-20+/t23-/m0/s1. The van der Waals surface area contributed by atoms with Crippen LogP contribution in [0.4, 0.5) is 8.78 Å². The molecule has 1 fully saturated rings. The van der Waals surface area contributed by atoms with Crippen LogP contribution in [0.2, 0.25) is 0 Å². The number of hydrogen-bond donors (Lipinski definition) is 2. The van der Waals surface area contributed by atoms with E-state index in [1.165, 1.54) is 11.6 Å². The summed E-state index contributed by atoms with van der Waals surface area (Å²) in [4.78, 5) is 18.1. The minimum absolute atomic E-state index is 0.125. The summed E-state index contributed by atoms with van der Waals surface area (Å²) in [5, 5.41) is 12.6. The number of carboxylic acids is 1.